The number of aromatic nitrogens is 2. The molecule has 25 heavy (non-hydrogen) atoms. The normalized spacial score (nSPS) is 10.9. The summed E-state index contributed by atoms with van der Waals surface area (Å²) in [5, 5.41) is 10.7. The van der Waals surface area contributed by atoms with Crippen LogP contribution in [0.15, 0.2) is 47.7 Å². The van der Waals surface area contributed by atoms with Crippen molar-refractivity contribution in [1.29, 1.82) is 0 Å². The molecule has 1 aromatic heterocycles. The maximum atomic E-state index is 12.8. The van der Waals surface area contributed by atoms with Gasteiger partial charge in [-0.3, -0.25) is 9.67 Å². The topological polar surface area (TPSA) is 63.5 Å². The molecule has 0 fully saturated rings. The number of guanidine groups is 1. The molecule has 2 N–H and O–H groups in total. The summed E-state index contributed by atoms with van der Waals surface area (Å²) in [4.78, 5) is 4.18. The lowest BCUT2D eigenvalue weighted by Gasteiger charge is -2.12. The van der Waals surface area contributed by atoms with Crippen molar-refractivity contribution >= 4 is 29.9 Å². The fourth-order valence-corrected chi connectivity index (χ4v) is 2.10. The molecule has 0 saturated heterocycles. The van der Waals surface area contributed by atoms with Crippen LogP contribution in [-0.4, -0.2) is 42.5 Å². The highest BCUT2D eigenvalue weighted by atomic mass is 127. The van der Waals surface area contributed by atoms with Gasteiger partial charge in [0.15, 0.2) is 5.96 Å². The molecule has 0 unspecified atom stereocenters. The van der Waals surface area contributed by atoms with Gasteiger partial charge in [0.1, 0.15) is 11.6 Å². The molecule has 0 bridgehead atoms. The van der Waals surface area contributed by atoms with Crippen LogP contribution in [-0.2, 0) is 6.54 Å². The highest BCUT2D eigenvalue weighted by Gasteiger charge is 1.98. The number of hydrogen-bond acceptors (Lipinski definition) is 3. The van der Waals surface area contributed by atoms with Crippen molar-refractivity contribution in [2.75, 3.05) is 26.7 Å². The average molecular weight is 461 g/mol. The molecule has 0 spiro atoms. The zero-order chi connectivity index (χ0) is 17.0. The first-order valence-electron chi connectivity index (χ1n) is 8.08. The van der Waals surface area contributed by atoms with Gasteiger partial charge in [-0.05, 0) is 43.2 Å². The Balaban J connectivity index is 0.00000312. The van der Waals surface area contributed by atoms with Crippen LogP contribution in [0.25, 0.3) is 0 Å². The SMILES string of the molecule is CN=C(NCCCOc1ccc(F)cc1)NCCCn1cccn1.I. The third-order valence-electron chi connectivity index (χ3n) is 3.34. The second-order valence-corrected chi connectivity index (χ2v) is 5.20. The van der Waals surface area contributed by atoms with Gasteiger partial charge in [0.05, 0.1) is 6.61 Å². The maximum absolute atomic E-state index is 12.8. The predicted octanol–water partition coefficient (Wildman–Crippen LogP) is 2.66. The van der Waals surface area contributed by atoms with Crippen LogP contribution in [0, 0.1) is 5.82 Å². The first-order chi connectivity index (χ1) is 11.8. The Labute approximate surface area is 164 Å². The zero-order valence-electron chi connectivity index (χ0n) is 14.3. The van der Waals surface area contributed by atoms with E-state index in [1.807, 2.05) is 16.9 Å². The molecular formula is C17H25FIN5O. The minimum atomic E-state index is -0.258. The summed E-state index contributed by atoms with van der Waals surface area (Å²) in [7, 11) is 1.75. The van der Waals surface area contributed by atoms with Crippen LogP contribution in [0.5, 0.6) is 5.75 Å². The Hall–Kier alpha value is -1.84. The summed E-state index contributed by atoms with van der Waals surface area (Å²) in [6.45, 7) is 3.02. The lowest BCUT2D eigenvalue weighted by Crippen LogP contribution is -2.38. The van der Waals surface area contributed by atoms with Gasteiger partial charge in [0.2, 0.25) is 0 Å². The van der Waals surface area contributed by atoms with E-state index in [9.17, 15) is 4.39 Å². The zero-order valence-corrected chi connectivity index (χ0v) is 16.7. The summed E-state index contributed by atoms with van der Waals surface area (Å²) in [5.41, 5.74) is 0. The number of aliphatic imine (C=N–C) groups is 1. The van der Waals surface area contributed by atoms with Gasteiger partial charge in [-0.25, -0.2) is 4.39 Å². The molecule has 0 radical (unpaired) electrons. The van der Waals surface area contributed by atoms with E-state index < -0.39 is 0 Å². The smallest absolute Gasteiger partial charge is 0.190 e. The van der Waals surface area contributed by atoms with E-state index in [0.29, 0.717) is 12.4 Å². The fourth-order valence-electron chi connectivity index (χ4n) is 2.10. The molecule has 0 aliphatic carbocycles. The predicted molar refractivity (Wildman–Crippen MR) is 108 cm³/mol. The molecule has 8 heteroatoms. The van der Waals surface area contributed by atoms with Crippen molar-refractivity contribution in [3.8, 4) is 5.75 Å². The highest BCUT2D eigenvalue weighted by molar-refractivity contribution is 14.0. The van der Waals surface area contributed by atoms with Crippen LogP contribution in [0.1, 0.15) is 12.8 Å². The quantitative estimate of drug-likeness (QED) is 0.261. The Morgan fingerprint density at radius 3 is 2.56 bits per heavy atom. The van der Waals surface area contributed by atoms with Crippen molar-refractivity contribution in [3.05, 3.63) is 48.5 Å². The molecule has 2 rings (SSSR count). The Morgan fingerprint density at radius 2 is 1.92 bits per heavy atom. The molecule has 1 heterocycles. The van der Waals surface area contributed by atoms with Gasteiger partial charge < -0.3 is 15.4 Å². The van der Waals surface area contributed by atoms with Crippen molar-refractivity contribution in [1.82, 2.24) is 20.4 Å². The number of aryl methyl sites for hydroxylation is 1. The minimum Gasteiger partial charge on any atom is -0.494 e. The molecule has 1 aromatic carbocycles. The second kappa shape index (κ2) is 12.5. The number of halogens is 2. The van der Waals surface area contributed by atoms with Crippen LogP contribution >= 0.6 is 24.0 Å². The summed E-state index contributed by atoms with van der Waals surface area (Å²) in [6, 6.07) is 7.96. The molecule has 2 aromatic rings. The van der Waals surface area contributed by atoms with Gasteiger partial charge in [-0.15, -0.1) is 24.0 Å². The van der Waals surface area contributed by atoms with Crippen LogP contribution in [0.2, 0.25) is 0 Å². The molecule has 0 atom stereocenters. The average Bonchev–Trinajstić information content (AvgIpc) is 3.11. The van der Waals surface area contributed by atoms with Gasteiger partial charge in [0.25, 0.3) is 0 Å². The van der Waals surface area contributed by atoms with E-state index in [4.69, 9.17) is 4.74 Å². The second-order valence-electron chi connectivity index (χ2n) is 5.20. The summed E-state index contributed by atoms with van der Waals surface area (Å²) < 4.78 is 20.2. The molecule has 0 amide bonds. The van der Waals surface area contributed by atoms with Crippen LogP contribution in [0.3, 0.4) is 0 Å². The number of benzene rings is 1. The highest BCUT2D eigenvalue weighted by Crippen LogP contribution is 2.10. The van der Waals surface area contributed by atoms with E-state index in [-0.39, 0.29) is 29.8 Å². The van der Waals surface area contributed by atoms with Crippen molar-refractivity contribution in [2.24, 2.45) is 4.99 Å². The minimum absolute atomic E-state index is 0. The first-order valence-corrected chi connectivity index (χ1v) is 8.08. The number of hydrogen-bond donors (Lipinski definition) is 2. The Bertz CT molecular complexity index is 604. The standard InChI is InChI=1S/C17H24FN5O.HI/c1-19-17(20-9-2-12-23-13-3-11-22-23)21-10-4-14-24-16-7-5-15(18)6-8-16;/h3,5-8,11,13H,2,4,9-10,12,14H2,1H3,(H2,19,20,21);1H. The van der Waals surface area contributed by atoms with Crippen molar-refractivity contribution in [3.63, 3.8) is 0 Å². The summed E-state index contributed by atoms with van der Waals surface area (Å²) in [5.74, 6) is 1.20. The lowest BCUT2D eigenvalue weighted by atomic mass is 10.3. The Morgan fingerprint density at radius 1 is 1.20 bits per heavy atom. The fraction of sp³-hybridized carbons (Fsp3) is 0.412. The van der Waals surface area contributed by atoms with E-state index in [1.54, 1.807) is 25.4 Å². The monoisotopic (exact) mass is 461 g/mol. The van der Waals surface area contributed by atoms with E-state index in [2.05, 4.69) is 20.7 Å². The molecular weight excluding hydrogens is 436 g/mol. The largest absolute Gasteiger partial charge is 0.494 e. The number of nitrogens with zero attached hydrogens (tertiary/aromatic N) is 3. The first kappa shape index (κ1) is 21.2. The van der Waals surface area contributed by atoms with Crippen molar-refractivity contribution in [2.45, 2.75) is 19.4 Å². The molecule has 0 aliphatic rings. The third kappa shape index (κ3) is 8.71. The van der Waals surface area contributed by atoms with E-state index in [1.165, 1.54) is 12.1 Å². The Kier molecular flexibility index (Phi) is 10.6. The summed E-state index contributed by atoms with van der Waals surface area (Å²) in [6.07, 6.45) is 5.53. The van der Waals surface area contributed by atoms with Crippen molar-refractivity contribution < 1.29 is 9.13 Å². The van der Waals surface area contributed by atoms with Crippen LogP contribution in [0.4, 0.5) is 4.39 Å². The summed E-state index contributed by atoms with van der Waals surface area (Å²) >= 11 is 0. The number of rotatable bonds is 9. The van der Waals surface area contributed by atoms with E-state index >= 15 is 0 Å². The molecule has 138 valence electrons. The van der Waals surface area contributed by atoms with Gasteiger partial charge in [0, 0.05) is 39.1 Å². The van der Waals surface area contributed by atoms with Gasteiger partial charge in [-0.1, -0.05) is 0 Å². The van der Waals surface area contributed by atoms with Crippen LogP contribution < -0.4 is 15.4 Å². The number of nitrogens with one attached hydrogen (secondary N) is 2. The lowest BCUT2D eigenvalue weighted by molar-refractivity contribution is 0.310. The van der Waals surface area contributed by atoms with E-state index in [0.717, 1.165) is 38.4 Å². The van der Waals surface area contributed by atoms with Gasteiger partial charge >= 0.3 is 0 Å². The van der Waals surface area contributed by atoms with Gasteiger partial charge in [-0.2, -0.15) is 5.10 Å². The number of ether oxygens (including phenoxy) is 1. The molecule has 6 nitrogen and oxygen atoms in total. The third-order valence-corrected chi connectivity index (χ3v) is 3.34. The molecule has 0 aliphatic heterocycles. The molecule has 0 saturated carbocycles. The maximum Gasteiger partial charge on any atom is 0.190 e.